The Hall–Kier alpha value is -1.21. The van der Waals surface area contributed by atoms with E-state index in [1.807, 2.05) is 0 Å². The summed E-state index contributed by atoms with van der Waals surface area (Å²) in [7, 11) is -2.19. The number of sulfonamides is 1. The molecular formula is C14H17F2NO3S. The van der Waals surface area contributed by atoms with Crippen LogP contribution >= 0.6 is 0 Å². The molecule has 1 saturated heterocycles. The minimum absolute atomic E-state index is 0.0899. The topological polar surface area (TPSA) is 46.6 Å². The van der Waals surface area contributed by atoms with Gasteiger partial charge in [0.15, 0.2) is 0 Å². The van der Waals surface area contributed by atoms with Crippen molar-refractivity contribution in [3.63, 3.8) is 0 Å². The lowest BCUT2D eigenvalue weighted by molar-refractivity contribution is -0.242. The van der Waals surface area contributed by atoms with Gasteiger partial charge in [-0.2, -0.15) is 4.31 Å². The second-order valence-electron chi connectivity index (χ2n) is 5.89. The summed E-state index contributed by atoms with van der Waals surface area (Å²) < 4.78 is 58.2. The number of hydrogen-bond acceptors (Lipinski definition) is 3. The lowest BCUT2D eigenvalue weighted by Gasteiger charge is -2.59. The number of hydrogen-bond donors (Lipinski definition) is 0. The van der Waals surface area contributed by atoms with Crippen molar-refractivity contribution in [1.29, 1.82) is 0 Å². The molecule has 4 nitrogen and oxygen atoms in total. The number of alkyl halides is 2. The minimum atomic E-state index is -3.70. The number of halogens is 2. The Morgan fingerprint density at radius 1 is 1.24 bits per heavy atom. The van der Waals surface area contributed by atoms with Crippen LogP contribution in [-0.4, -0.2) is 38.8 Å². The Morgan fingerprint density at radius 2 is 1.90 bits per heavy atom. The summed E-state index contributed by atoms with van der Waals surface area (Å²) in [5, 5.41) is 0. The maximum absolute atomic E-state index is 13.5. The molecule has 1 aromatic carbocycles. The van der Waals surface area contributed by atoms with Crippen LogP contribution in [0.1, 0.15) is 18.4 Å². The van der Waals surface area contributed by atoms with Crippen LogP contribution in [0.5, 0.6) is 5.75 Å². The fourth-order valence-electron chi connectivity index (χ4n) is 3.02. The predicted molar refractivity (Wildman–Crippen MR) is 73.1 cm³/mol. The first-order valence-electron chi connectivity index (χ1n) is 6.75. The minimum Gasteiger partial charge on any atom is -0.496 e. The molecule has 0 radical (unpaired) electrons. The summed E-state index contributed by atoms with van der Waals surface area (Å²) in [5.74, 6) is -2.13. The molecule has 0 bridgehead atoms. The summed E-state index contributed by atoms with van der Waals surface area (Å²) >= 11 is 0. The van der Waals surface area contributed by atoms with Crippen LogP contribution in [0.3, 0.4) is 0 Å². The van der Waals surface area contributed by atoms with E-state index in [1.54, 1.807) is 13.0 Å². The van der Waals surface area contributed by atoms with Gasteiger partial charge < -0.3 is 4.74 Å². The molecule has 0 amide bonds. The normalized spacial score (nSPS) is 23.4. The van der Waals surface area contributed by atoms with E-state index in [1.165, 1.54) is 19.2 Å². The van der Waals surface area contributed by atoms with Gasteiger partial charge in [-0.15, -0.1) is 0 Å². The predicted octanol–water partition coefficient (Wildman–Crippen LogP) is 2.42. The van der Waals surface area contributed by atoms with Crippen LogP contribution in [0.25, 0.3) is 0 Å². The van der Waals surface area contributed by atoms with Gasteiger partial charge in [-0.05, 0) is 37.1 Å². The highest BCUT2D eigenvalue weighted by molar-refractivity contribution is 7.89. The summed E-state index contributed by atoms with van der Waals surface area (Å²) in [6.07, 6.45) is 0.260. The monoisotopic (exact) mass is 317 g/mol. The van der Waals surface area contributed by atoms with E-state index >= 15 is 0 Å². The van der Waals surface area contributed by atoms with Gasteiger partial charge in [0.1, 0.15) is 5.75 Å². The molecule has 116 valence electrons. The van der Waals surface area contributed by atoms with Crippen molar-refractivity contribution in [2.45, 2.75) is 30.6 Å². The molecule has 1 aliphatic carbocycles. The third-order valence-electron chi connectivity index (χ3n) is 4.66. The van der Waals surface area contributed by atoms with Crippen LogP contribution in [0.4, 0.5) is 8.78 Å². The van der Waals surface area contributed by atoms with E-state index in [0.717, 1.165) is 4.31 Å². The van der Waals surface area contributed by atoms with Crippen molar-refractivity contribution in [3.8, 4) is 5.75 Å². The average Bonchev–Trinajstić information content (AvgIpc) is 2.35. The lowest BCUT2D eigenvalue weighted by atomic mass is 9.61. The molecule has 7 heteroatoms. The number of rotatable bonds is 3. The first-order chi connectivity index (χ1) is 9.72. The van der Waals surface area contributed by atoms with Gasteiger partial charge in [-0.1, -0.05) is 0 Å². The Balaban J connectivity index is 1.82. The fourth-order valence-corrected chi connectivity index (χ4v) is 4.71. The van der Waals surface area contributed by atoms with Crippen LogP contribution in [0.15, 0.2) is 23.1 Å². The first kappa shape index (κ1) is 14.7. The van der Waals surface area contributed by atoms with Crippen LogP contribution in [0.2, 0.25) is 0 Å². The Morgan fingerprint density at radius 3 is 2.33 bits per heavy atom. The molecule has 0 aromatic heterocycles. The van der Waals surface area contributed by atoms with E-state index in [2.05, 4.69) is 0 Å². The molecule has 21 heavy (non-hydrogen) atoms. The van der Waals surface area contributed by atoms with Crippen LogP contribution in [0, 0.1) is 12.3 Å². The zero-order chi connectivity index (χ0) is 15.5. The van der Waals surface area contributed by atoms with Gasteiger partial charge in [0.2, 0.25) is 10.0 Å². The van der Waals surface area contributed by atoms with Crippen LogP contribution < -0.4 is 4.74 Å². The van der Waals surface area contributed by atoms with Crippen molar-refractivity contribution >= 4 is 10.0 Å². The number of benzene rings is 1. The zero-order valence-electron chi connectivity index (χ0n) is 11.9. The van der Waals surface area contributed by atoms with Crippen molar-refractivity contribution in [2.24, 2.45) is 5.41 Å². The summed E-state index contributed by atoms with van der Waals surface area (Å²) in [6.45, 7) is 1.57. The van der Waals surface area contributed by atoms with Crippen molar-refractivity contribution < 1.29 is 21.9 Å². The first-order valence-corrected chi connectivity index (χ1v) is 8.19. The summed E-state index contributed by atoms with van der Waals surface area (Å²) in [4.78, 5) is 0.123. The molecule has 1 saturated carbocycles. The molecule has 0 unspecified atom stereocenters. The number of methoxy groups -OCH3 is 1. The van der Waals surface area contributed by atoms with Crippen molar-refractivity contribution in [2.75, 3.05) is 20.2 Å². The third kappa shape index (κ3) is 1.97. The van der Waals surface area contributed by atoms with Gasteiger partial charge >= 0.3 is 0 Å². The summed E-state index contributed by atoms with van der Waals surface area (Å²) in [6, 6.07) is 4.54. The van der Waals surface area contributed by atoms with Crippen LogP contribution in [-0.2, 0) is 10.0 Å². The molecule has 3 rings (SSSR count). The lowest BCUT2D eigenvalue weighted by Crippen LogP contribution is -2.70. The Kier molecular flexibility index (Phi) is 3.08. The van der Waals surface area contributed by atoms with Gasteiger partial charge in [0, 0.05) is 19.5 Å². The SMILES string of the molecule is COc1ccc(S(=O)(=O)N2CC3(CCC3(F)F)C2)cc1C. The maximum Gasteiger partial charge on any atom is 0.256 e. The number of nitrogens with zero attached hydrogens (tertiary/aromatic N) is 1. The van der Waals surface area contributed by atoms with Gasteiger partial charge in [0.05, 0.1) is 17.4 Å². The molecule has 0 atom stereocenters. The van der Waals surface area contributed by atoms with E-state index in [4.69, 9.17) is 4.74 Å². The Bertz CT molecular complexity index is 681. The standard InChI is InChI=1S/C14H17F2NO3S/c1-10-7-11(3-4-12(10)20-2)21(18,19)17-8-13(9-17)5-6-14(13,15)16/h3-4,7H,5-6,8-9H2,1-2H3. The molecule has 1 aromatic rings. The van der Waals surface area contributed by atoms with Gasteiger partial charge in [-0.25, -0.2) is 17.2 Å². The van der Waals surface area contributed by atoms with E-state index < -0.39 is 21.4 Å². The molecule has 1 heterocycles. The third-order valence-corrected chi connectivity index (χ3v) is 6.44. The highest BCUT2D eigenvalue weighted by atomic mass is 32.2. The average molecular weight is 317 g/mol. The van der Waals surface area contributed by atoms with Gasteiger partial charge in [0.25, 0.3) is 5.92 Å². The van der Waals surface area contributed by atoms with E-state index in [9.17, 15) is 17.2 Å². The number of ether oxygens (including phenoxy) is 1. The summed E-state index contributed by atoms with van der Waals surface area (Å²) in [5.41, 5.74) is -0.426. The highest BCUT2D eigenvalue weighted by Crippen LogP contribution is 2.59. The number of aryl methyl sites for hydroxylation is 1. The van der Waals surface area contributed by atoms with Crippen molar-refractivity contribution in [1.82, 2.24) is 4.31 Å². The van der Waals surface area contributed by atoms with E-state index in [0.29, 0.717) is 17.7 Å². The van der Waals surface area contributed by atoms with Crippen molar-refractivity contribution in [3.05, 3.63) is 23.8 Å². The van der Waals surface area contributed by atoms with Gasteiger partial charge in [-0.3, -0.25) is 0 Å². The molecule has 1 aliphatic heterocycles. The molecule has 2 aliphatic rings. The molecule has 0 N–H and O–H groups in total. The second-order valence-corrected chi connectivity index (χ2v) is 7.83. The fraction of sp³-hybridized carbons (Fsp3) is 0.571. The molecular weight excluding hydrogens is 300 g/mol. The van der Waals surface area contributed by atoms with E-state index in [-0.39, 0.29) is 24.4 Å². The molecule has 2 fully saturated rings. The smallest absolute Gasteiger partial charge is 0.256 e. The Labute approximate surface area is 122 Å². The second kappa shape index (κ2) is 4.39. The molecule has 1 spiro atoms. The maximum atomic E-state index is 13.5. The highest BCUT2D eigenvalue weighted by Gasteiger charge is 2.68. The largest absolute Gasteiger partial charge is 0.496 e. The zero-order valence-corrected chi connectivity index (χ0v) is 12.7. The quantitative estimate of drug-likeness (QED) is 0.860.